The summed E-state index contributed by atoms with van der Waals surface area (Å²) in [6, 6.07) is 9.05. The van der Waals surface area contributed by atoms with Crippen molar-refractivity contribution < 1.29 is 37.3 Å². The number of fused-ring (bicyclic) bond motifs is 3. The molecule has 4 rings (SSSR count). The minimum atomic E-state index is -4.56. The van der Waals surface area contributed by atoms with E-state index in [0.717, 1.165) is 11.6 Å². The summed E-state index contributed by atoms with van der Waals surface area (Å²) in [5.41, 5.74) is 0.879. The van der Waals surface area contributed by atoms with E-state index in [1.807, 2.05) is 4.57 Å². The molecule has 0 aliphatic carbocycles. The molecule has 0 radical (unpaired) electrons. The van der Waals surface area contributed by atoms with E-state index >= 15 is 0 Å². The van der Waals surface area contributed by atoms with Crippen molar-refractivity contribution >= 4 is 28.5 Å². The van der Waals surface area contributed by atoms with Crippen molar-refractivity contribution in [3.05, 3.63) is 58.2 Å². The van der Waals surface area contributed by atoms with Crippen molar-refractivity contribution in [1.29, 1.82) is 0 Å². The molecule has 2 aromatic carbocycles. The first-order valence-corrected chi connectivity index (χ1v) is 11.1. The molecule has 1 N–H and O–H groups in total. The van der Waals surface area contributed by atoms with Gasteiger partial charge in [-0.05, 0) is 49.7 Å². The summed E-state index contributed by atoms with van der Waals surface area (Å²) in [6.07, 6.45) is -5.83. The molecule has 1 aliphatic heterocycles. The molecule has 3 aromatic rings. The van der Waals surface area contributed by atoms with Gasteiger partial charge in [-0.3, -0.25) is 4.79 Å². The topological polar surface area (TPSA) is 69.9 Å². The Hall–Kier alpha value is -2.91. The Labute approximate surface area is 198 Å². The molecule has 2 heterocycles. The number of alkyl halides is 3. The molecule has 0 spiro atoms. The molecule has 0 fully saturated rings. The molecular weight excluding hydrogens is 475 g/mol. The monoisotopic (exact) mass is 497 g/mol. The number of carbonyl (C=O) groups is 1. The number of halogens is 4. The number of hydrogen-bond acceptors (Lipinski definition) is 4. The maximum atomic E-state index is 13.5. The predicted molar refractivity (Wildman–Crippen MR) is 119 cm³/mol. The van der Waals surface area contributed by atoms with Gasteiger partial charge in [-0.2, -0.15) is 13.2 Å². The molecule has 34 heavy (non-hydrogen) atoms. The van der Waals surface area contributed by atoms with Gasteiger partial charge in [0.25, 0.3) is 0 Å². The van der Waals surface area contributed by atoms with Gasteiger partial charge in [0.05, 0.1) is 40.9 Å². The van der Waals surface area contributed by atoms with Crippen LogP contribution in [0, 0.1) is 0 Å². The van der Waals surface area contributed by atoms with E-state index in [1.54, 1.807) is 32.0 Å². The SMILES string of the molecule is CC(C)Oc1ccc(COc2ccc3c(c2)c(Cl)c2n3CCOC2CC(=O)O)cc1C(F)(F)F. The predicted octanol–water partition coefficient (Wildman–Crippen LogP) is 6.23. The fourth-order valence-corrected chi connectivity index (χ4v) is 4.42. The fourth-order valence-electron chi connectivity index (χ4n) is 4.05. The Morgan fingerprint density at radius 3 is 2.71 bits per heavy atom. The van der Waals surface area contributed by atoms with Crippen LogP contribution in [-0.4, -0.2) is 28.4 Å². The highest BCUT2D eigenvalue weighted by Crippen LogP contribution is 2.41. The number of nitrogens with zero attached hydrogens (tertiary/aromatic N) is 1. The second kappa shape index (κ2) is 9.38. The van der Waals surface area contributed by atoms with Crippen molar-refractivity contribution in [2.24, 2.45) is 0 Å². The van der Waals surface area contributed by atoms with Crippen molar-refractivity contribution in [3.8, 4) is 11.5 Å². The average Bonchev–Trinajstić information content (AvgIpc) is 3.04. The molecule has 0 saturated heterocycles. The summed E-state index contributed by atoms with van der Waals surface area (Å²) in [7, 11) is 0. The van der Waals surface area contributed by atoms with Crippen LogP contribution in [0.2, 0.25) is 5.02 Å². The second-order valence-corrected chi connectivity index (χ2v) is 8.65. The van der Waals surface area contributed by atoms with E-state index < -0.39 is 29.9 Å². The summed E-state index contributed by atoms with van der Waals surface area (Å²) in [5, 5.41) is 10.2. The van der Waals surface area contributed by atoms with Gasteiger partial charge >= 0.3 is 12.1 Å². The molecule has 1 atom stereocenters. The van der Waals surface area contributed by atoms with Crippen LogP contribution < -0.4 is 9.47 Å². The molecule has 1 aliphatic rings. The van der Waals surface area contributed by atoms with Crippen molar-refractivity contribution in [2.75, 3.05) is 6.61 Å². The van der Waals surface area contributed by atoms with Crippen LogP contribution >= 0.6 is 11.6 Å². The standard InChI is InChI=1S/C24H23ClF3NO5/c1-13(2)34-19-6-3-14(9-17(19)24(26,27)28)12-33-15-4-5-18-16(10-15)22(25)23-20(11-21(30)31)32-8-7-29(18)23/h3-6,9-10,13,20H,7-8,11-12H2,1-2H3,(H,30,31). The van der Waals surface area contributed by atoms with E-state index in [-0.39, 0.29) is 18.8 Å². The van der Waals surface area contributed by atoms with Crippen molar-refractivity contribution in [2.45, 2.75) is 51.8 Å². The molecule has 182 valence electrons. The molecule has 0 bridgehead atoms. The minimum Gasteiger partial charge on any atom is -0.490 e. The number of aliphatic carboxylic acids is 1. The normalized spacial score (nSPS) is 16.0. The smallest absolute Gasteiger partial charge is 0.419 e. The lowest BCUT2D eigenvalue weighted by atomic mass is 10.1. The van der Waals surface area contributed by atoms with E-state index in [1.165, 1.54) is 12.1 Å². The molecule has 6 nitrogen and oxygen atoms in total. The largest absolute Gasteiger partial charge is 0.490 e. The quantitative estimate of drug-likeness (QED) is 0.419. The minimum absolute atomic E-state index is 0.0908. The van der Waals surface area contributed by atoms with Crippen LogP contribution in [0.1, 0.15) is 43.2 Å². The van der Waals surface area contributed by atoms with Gasteiger partial charge in [-0.25, -0.2) is 0 Å². The average molecular weight is 498 g/mol. The fraction of sp³-hybridized carbons (Fsp3) is 0.375. The number of hydrogen-bond donors (Lipinski definition) is 1. The highest BCUT2D eigenvalue weighted by molar-refractivity contribution is 6.36. The van der Waals surface area contributed by atoms with Gasteiger partial charge in [0.15, 0.2) is 0 Å². The number of rotatable bonds is 7. The Balaban J connectivity index is 1.59. The molecule has 1 aromatic heterocycles. The summed E-state index contributed by atoms with van der Waals surface area (Å²) in [6.45, 7) is 4.12. The van der Waals surface area contributed by atoms with E-state index in [4.69, 9.17) is 25.8 Å². The number of carboxylic acid groups (broad SMARTS) is 1. The number of carboxylic acids is 1. The zero-order valence-corrected chi connectivity index (χ0v) is 19.2. The summed E-state index contributed by atoms with van der Waals surface area (Å²) >= 11 is 6.58. The Kier molecular flexibility index (Phi) is 6.69. The first kappa shape index (κ1) is 24.2. The highest BCUT2D eigenvalue weighted by Gasteiger charge is 2.35. The van der Waals surface area contributed by atoms with Crippen LogP contribution in [0.5, 0.6) is 11.5 Å². The van der Waals surface area contributed by atoms with E-state index in [2.05, 4.69) is 0 Å². The van der Waals surface area contributed by atoms with Gasteiger partial charge < -0.3 is 23.9 Å². The number of benzene rings is 2. The second-order valence-electron chi connectivity index (χ2n) is 8.27. The van der Waals surface area contributed by atoms with Gasteiger partial charge in [-0.1, -0.05) is 17.7 Å². The molecule has 0 amide bonds. The van der Waals surface area contributed by atoms with E-state index in [9.17, 15) is 23.1 Å². The van der Waals surface area contributed by atoms with Crippen molar-refractivity contribution in [1.82, 2.24) is 4.57 Å². The zero-order valence-electron chi connectivity index (χ0n) is 18.5. The highest BCUT2D eigenvalue weighted by atomic mass is 35.5. The number of ether oxygens (including phenoxy) is 3. The number of aromatic nitrogens is 1. The third kappa shape index (κ3) is 4.95. The van der Waals surface area contributed by atoms with Gasteiger partial charge in [0.1, 0.15) is 24.2 Å². The Morgan fingerprint density at radius 2 is 2.03 bits per heavy atom. The third-order valence-corrected chi connectivity index (χ3v) is 5.82. The lowest BCUT2D eigenvalue weighted by molar-refractivity contribution is -0.141. The van der Waals surface area contributed by atoms with Crippen LogP contribution in [0.3, 0.4) is 0 Å². The molecule has 0 saturated carbocycles. The summed E-state index contributed by atoms with van der Waals surface area (Å²) in [5.74, 6) is -0.798. The van der Waals surface area contributed by atoms with Crippen LogP contribution in [0.25, 0.3) is 10.9 Å². The summed E-state index contributed by atoms with van der Waals surface area (Å²) in [4.78, 5) is 11.2. The van der Waals surface area contributed by atoms with Crippen LogP contribution in [0.4, 0.5) is 13.2 Å². The first-order chi connectivity index (χ1) is 16.0. The Morgan fingerprint density at radius 1 is 1.26 bits per heavy atom. The third-order valence-electron chi connectivity index (χ3n) is 5.43. The first-order valence-electron chi connectivity index (χ1n) is 10.7. The molecule has 10 heteroatoms. The maximum absolute atomic E-state index is 13.5. The van der Waals surface area contributed by atoms with Crippen LogP contribution in [-0.2, 0) is 28.9 Å². The van der Waals surface area contributed by atoms with Gasteiger partial charge in [0, 0.05) is 11.9 Å². The lowest BCUT2D eigenvalue weighted by Gasteiger charge is -2.25. The van der Waals surface area contributed by atoms with Gasteiger partial charge in [-0.15, -0.1) is 0 Å². The lowest BCUT2D eigenvalue weighted by Crippen LogP contribution is -2.23. The van der Waals surface area contributed by atoms with Crippen molar-refractivity contribution in [3.63, 3.8) is 0 Å². The van der Waals surface area contributed by atoms with E-state index in [0.29, 0.717) is 40.6 Å². The Bertz CT molecular complexity index is 1220. The summed E-state index contributed by atoms with van der Waals surface area (Å²) < 4.78 is 59.1. The zero-order chi connectivity index (χ0) is 24.6. The van der Waals surface area contributed by atoms with Crippen LogP contribution in [0.15, 0.2) is 36.4 Å². The maximum Gasteiger partial charge on any atom is 0.419 e. The molecule has 1 unspecified atom stereocenters. The van der Waals surface area contributed by atoms with Gasteiger partial charge in [0.2, 0.25) is 0 Å². The molecular formula is C24H23ClF3NO5.